The lowest BCUT2D eigenvalue weighted by Gasteiger charge is -2.37. The van der Waals surface area contributed by atoms with Crippen LogP contribution in [-0.4, -0.2) is 58.8 Å². The van der Waals surface area contributed by atoms with Crippen molar-refractivity contribution in [2.45, 2.75) is 50.6 Å². The number of piperidine rings is 2. The van der Waals surface area contributed by atoms with E-state index in [1.54, 1.807) is 18.3 Å². The van der Waals surface area contributed by atoms with Crippen molar-refractivity contribution in [1.29, 1.82) is 0 Å². The SMILES string of the molecule is Nc1cc(CN2CCC(C(=O)N3CCC(Nc4ccc(Br)cc4NC(=O)c4cc(C(F)(F)F)cc(C(F)(F)F)c4)CC3)CC2)ccn1. The number of pyridine rings is 1. The van der Waals surface area contributed by atoms with Gasteiger partial charge in [-0.1, -0.05) is 15.9 Å². The van der Waals surface area contributed by atoms with Crippen molar-refractivity contribution < 1.29 is 35.9 Å². The molecule has 2 saturated heterocycles. The van der Waals surface area contributed by atoms with Crippen molar-refractivity contribution in [1.82, 2.24) is 14.8 Å². The number of likely N-dealkylation sites (tertiary alicyclic amines) is 2. The molecule has 0 bridgehead atoms. The molecule has 5 rings (SSSR count). The smallest absolute Gasteiger partial charge is 0.384 e. The Kier molecular flexibility index (Phi) is 10.3. The zero-order valence-corrected chi connectivity index (χ0v) is 26.7. The van der Waals surface area contributed by atoms with Crippen molar-refractivity contribution in [2.24, 2.45) is 5.92 Å². The first kappa shape index (κ1) is 34.5. The highest BCUT2D eigenvalue weighted by atomic mass is 79.9. The fraction of sp³-hybridized carbons (Fsp3) is 0.406. The number of nitrogens with one attached hydrogen (secondary N) is 2. The van der Waals surface area contributed by atoms with Gasteiger partial charge in [-0.2, -0.15) is 26.3 Å². The quantitative estimate of drug-likeness (QED) is 0.226. The molecule has 0 atom stereocenters. The van der Waals surface area contributed by atoms with E-state index < -0.39 is 35.0 Å². The summed E-state index contributed by atoms with van der Waals surface area (Å²) in [7, 11) is 0. The molecule has 2 fully saturated rings. The minimum Gasteiger partial charge on any atom is -0.384 e. The third-order valence-corrected chi connectivity index (χ3v) is 8.93. The third-order valence-electron chi connectivity index (χ3n) is 8.43. The summed E-state index contributed by atoms with van der Waals surface area (Å²) in [5.74, 6) is -0.573. The Morgan fingerprint density at radius 3 is 2.09 bits per heavy atom. The molecular formula is C32H33BrF6N6O2. The van der Waals surface area contributed by atoms with Crippen LogP contribution in [0.5, 0.6) is 0 Å². The van der Waals surface area contributed by atoms with Gasteiger partial charge in [-0.15, -0.1) is 0 Å². The number of carbonyl (C=O) groups is 2. The Labute approximate surface area is 275 Å². The summed E-state index contributed by atoms with van der Waals surface area (Å²) >= 11 is 3.30. The number of benzene rings is 2. The van der Waals surface area contributed by atoms with Crippen molar-refractivity contribution in [3.63, 3.8) is 0 Å². The van der Waals surface area contributed by atoms with E-state index in [0.717, 1.165) is 38.0 Å². The molecule has 252 valence electrons. The summed E-state index contributed by atoms with van der Waals surface area (Å²) in [6.45, 7) is 3.39. The molecule has 15 heteroatoms. The summed E-state index contributed by atoms with van der Waals surface area (Å²) in [6, 6.07) is 9.31. The van der Waals surface area contributed by atoms with E-state index in [0.29, 0.717) is 54.0 Å². The molecule has 2 aromatic carbocycles. The maximum Gasteiger partial charge on any atom is 0.416 e. The van der Waals surface area contributed by atoms with Crippen molar-refractivity contribution >= 4 is 44.9 Å². The molecule has 0 unspecified atom stereocenters. The fourth-order valence-electron chi connectivity index (χ4n) is 5.94. The Hall–Kier alpha value is -3.85. The maximum absolute atomic E-state index is 13.3. The Bertz CT molecular complexity index is 1570. The van der Waals surface area contributed by atoms with Gasteiger partial charge in [-0.05, 0) is 92.9 Å². The molecule has 4 N–H and O–H groups in total. The van der Waals surface area contributed by atoms with Gasteiger partial charge < -0.3 is 21.3 Å². The van der Waals surface area contributed by atoms with Crippen LogP contribution in [-0.2, 0) is 23.7 Å². The number of amides is 2. The van der Waals surface area contributed by atoms with Gasteiger partial charge in [0.1, 0.15) is 5.82 Å². The van der Waals surface area contributed by atoms with E-state index in [-0.39, 0.29) is 29.6 Å². The first-order valence-electron chi connectivity index (χ1n) is 15.0. The number of nitrogens with zero attached hydrogens (tertiary/aromatic N) is 3. The molecule has 3 heterocycles. The highest BCUT2D eigenvalue weighted by Crippen LogP contribution is 2.37. The van der Waals surface area contributed by atoms with Gasteiger partial charge in [0.15, 0.2) is 0 Å². The number of nitrogen functional groups attached to an aromatic ring is 1. The lowest BCUT2D eigenvalue weighted by Crippen LogP contribution is -2.47. The number of nitrogens with two attached hydrogens (primary N) is 1. The first-order chi connectivity index (χ1) is 22.2. The van der Waals surface area contributed by atoms with Gasteiger partial charge in [0.05, 0.1) is 22.5 Å². The number of rotatable bonds is 7. The van der Waals surface area contributed by atoms with Crippen LogP contribution in [0.1, 0.15) is 52.7 Å². The zero-order chi connectivity index (χ0) is 33.9. The lowest BCUT2D eigenvalue weighted by atomic mass is 9.93. The summed E-state index contributed by atoms with van der Waals surface area (Å²) in [6.07, 6.45) is -5.74. The predicted octanol–water partition coefficient (Wildman–Crippen LogP) is 7.03. The van der Waals surface area contributed by atoms with E-state index in [1.165, 1.54) is 6.07 Å². The number of aromatic nitrogens is 1. The molecule has 2 aliphatic heterocycles. The second-order valence-electron chi connectivity index (χ2n) is 11.8. The Balaban J connectivity index is 1.17. The van der Waals surface area contributed by atoms with Crippen LogP contribution < -0.4 is 16.4 Å². The summed E-state index contributed by atoms with van der Waals surface area (Å²) in [5.41, 5.74) is 3.55. The minimum atomic E-state index is -5.08. The van der Waals surface area contributed by atoms with E-state index >= 15 is 0 Å². The predicted molar refractivity (Wildman–Crippen MR) is 168 cm³/mol. The van der Waals surface area contributed by atoms with Gasteiger partial charge in [0.2, 0.25) is 5.91 Å². The zero-order valence-electron chi connectivity index (χ0n) is 25.1. The Morgan fingerprint density at radius 2 is 1.49 bits per heavy atom. The van der Waals surface area contributed by atoms with Crippen molar-refractivity contribution in [2.75, 3.05) is 42.5 Å². The van der Waals surface area contributed by atoms with Crippen LogP contribution >= 0.6 is 15.9 Å². The standard InChI is InChI=1S/C32H33BrF6N6O2/c33-24-1-2-26(27(17-24)43-29(46)21-14-22(31(34,35)36)16-23(15-21)32(37,38)39)42-25-6-11-45(12-7-25)30(47)20-4-9-44(10-5-20)18-19-3-8-41-28(40)13-19/h1-3,8,13-17,20,25,42H,4-7,9-12,18H2,(H2,40,41)(H,43,46). The molecule has 2 aliphatic rings. The topological polar surface area (TPSA) is 104 Å². The largest absolute Gasteiger partial charge is 0.416 e. The number of carbonyl (C=O) groups excluding carboxylic acids is 2. The minimum absolute atomic E-state index is 0.0239. The lowest BCUT2D eigenvalue weighted by molar-refractivity contribution is -0.143. The van der Waals surface area contributed by atoms with Crippen LogP contribution in [0.15, 0.2) is 59.2 Å². The monoisotopic (exact) mass is 726 g/mol. The highest BCUT2D eigenvalue weighted by Gasteiger charge is 2.38. The van der Waals surface area contributed by atoms with Crippen LogP contribution in [0.25, 0.3) is 0 Å². The third kappa shape index (κ3) is 8.95. The van der Waals surface area contributed by atoms with Crippen molar-refractivity contribution in [3.8, 4) is 0 Å². The van der Waals surface area contributed by atoms with Crippen LogP contribution in [0.4, 0.5) is 43.5 Å². The molecule has 1 aromatic heterocycles. The molecule has 47 heavy (non-hydrogen) atoms. The number of alkyl halides is 6. The molecule has 0 radical (unpaired) electrons. The van der Waals surface area contributed by atoms with E-state index in [1.807, 2.05) is 17.0 Å². The maximum atomic E-state index is 13.3. The van der Waals surface area contributed by atoms with E-state index in [4.69, 9.17) is 5.73 Å². The summed E-state index contributed by atoms with van der Waals surface area (Å²) in [5, 5.41) is 5.79. The second kappa shape index (κ2) is 14.1. The van der Waals surface area contributed by atoms with Crippen LogP contribution in [0.3, 0.4) is 0 Å². The van der Waals surface area contributed by atoms with E-state index in [9.17, 15) is 35.9 Å². The molecule has 2 amide bonds. The molecule has 8 nitrogen and oxygen atoms in total. The molecule has 3 aromatic rings. The average Bonchev–Trinajstić information content (AvgIpc) is 3.02. The summed E-state index contributed by atoms with van der Waals surface area (Å²) in [4.78, 5) is 34.5. The normalized spacial score (nSPS) is 17.0. The van der Waals surface area contributed by atoms with Crippen molar-refractivity contribution in [3.05, 3.63) is 81.5 Å². The number of halogens is 7. The number of hydrogen-bond donors (Lipinski definition) is 3. The average molecular weight is 728 g/mol. The van der Waals surface area contributed by atoms with Crippen LogP contribution in [0.2, 0.25) is 0 Å². The second-order valence-corrected chi connectivity index (χ2v) is 12.7. The number of anilines is 3. The van der Waals surface area contributed by atoms with Crippen LogP contribution in [0, 0.1) is 5.92 Å². The van der Waals surface area contributed by atoms with Gasteiger partial charge >= 0.3 is 12.4 Å². The van der Waals surface area contributed by atoms with E-state index in [2.05, 4.69) is 36.4 Å². The van der Waals surface area contributed by atoms with Gasteiger partial charge in [0, 0.05) is 47.8 Å². The van der Waals surface area contributed by atoms with Gasteiger partial charge in [0.25, 0.3) is 5.91 Å². The van der Waals surface area contributed by atoms with Gasteiger partial charge in [-0.3, -0.25) is 14.5 Å². The molecule has 0 saturated carbocycles. The Morgan fingerprint density at radius 1 is 0.851 bits per heavy atom. The first-order valence-corrected chi connectivity index (χ1v) is 15.8. The molecule has 0 spiro atoms. The van der Waals surface area contributed by atoms with Gasteiger partial charge in [-0.25, -0.2) is 4.98 Å². The summed E-state index contributed by atoms with van der Waals surface area (Å²) < 4.78 is 80.6. The highest BCUT2D eigenvalue weighted by molar-refractivity contribution is 9.10. The molecule has 0 aliphatic carbocycles. The molecular weight excluding hydrogens is 694 g/mol. The fourth-order valence-corrected chi connectivity index (χ4v) is 6.30. The number of hydrogen-bond acceptors (Lipinski definition) is 6.